The lowest BCUT2D eigenvalue weighted by molar-refractivity contribution is -0.140. The van der Waals surface area contributed by atoms with Gasteiger partial charge in [-0.05, 0) is 31.2 Å². The molecule has 27 heavy (non-hydrogen) atoms. The Morgan fingerprint density at radius 1 is 1.22 bits per heavy atom. The number of methoxy groups -OCH3 is 1. The molecule has 0 aliphatic rings. The largest absolute Gasteiger partial charge is 0.494 e. The van der Waals surface area contributed by atoms with Crippen molar-refractivity contribution in [3.05, 3.63) is 40.5 Å². The van der Waals surface area contributed by atoms with Gasteiger partial charge in [-0.3, -0.25) is 4.79 Å². The number of halogens is 3. The molecule has 0 amide bonds. The van der Waals surface area contributed by atoms with Crippen LogP contribution in [0, 0.1) is 0 Å². The number of alkyl halides is 3. The summed E-state index contributed by atoms with van der Waals surface area (Å²) in [7, 11) is 1.36. The summed E-state index contributed by atoms with van der Waals surface area (Å²) in [5, 5.41) is 0.934. The van der Waals surface area contributed by atoms with Gasteiger partial charge in [0.25, 0.3) is 0 Å². The predicted molar refractivity (Wildman–Crippen MR) is 97.0 cm³/mol. The fraction of sp³-hybridized carbons (Fsp3) is 0.278. The van der Waals surface area contributed by atoms with E-state index in [9.17, 15) is 18.0 Å². The molecule has 0 aliphatic heterocycles. The number of nitrogens with two attached hydrogens (primary N) is 1. The number of pyridine rings is 1. The van der Waals surface area contributed by atoms with Crippen LogP contribution in [0.3, 0.4) is 0 Å². The molecule has 2 N–H and O–H groups in total. The molecular weight excluding hydrogens is 379 g/mol. The third-order valence-corrected chi connectivity index (χ3v) is 5.17. The number of hydrogen-bond acceptors (Lipinski definition) is 6. The van der Waals surface area contributed by atoms with E-state index in [2.05, 4.69) is 9.97 Å². The molecule has 9 heteroatoms. The Labute approximate surface area is 157 Å². The quantitative estimate of drug-likeness (QED) is 0.653. The molecule has 0 saturated heterocycles. The van der Waals surface area contributed by atoms with Crippen LogP contribution in [0.2, 0.25) is 0 Å². The van der Waals surface area contributed by atoms with Crippen LogP contribution < -0.4 is 10.5 Å². The summed E-state index contributed by atoms with van der Waals surface area (Å²) in [6, 6.07) is 5.02. The summed E-state index contributed by atoms with van der Waals surface area (Å²) in [5.41, 5.74) is 6.00. The SMILES string of the molecule is COc1ccc(-c2nc(C(C)N)c(C(C)=O)s2)c2ccc(C(F)(F)F)nc12. The highest BCUT2D eigenvalue weighted by molar-refractivity contribution is 7.17. The van der Waals surface area contributed by atoms with Crippen molar-refractivity contribution in [2.45, 2.75) is 26.1 Å². The number of rotatable bonds is 4. The van der Waals surface area contributed by atoms with Crippen LogP contribution in [-0.4, -0.2) is 22.9 Å². The van der Waals surface area contributed by atoms with Crippen LogP contribution in [-0.2, 0) is 6.18 Å². The zero-order chi connectivity index (χ0) is 19.9. The number of ketones is 1. The Balaban J connectivity index is 2.27. The van der Waals surface area contributed by atoms with Gasteiger partial charge in [-0.1, -0.05) is 0 Å². The predicted octanol–water partition coefficient (Wildman–Crippen LogP) is 4.61. The van der Waals surface area contributed by atoms with E-state index in [0.29, 0.717) is 26.5 Å². The summed E-state index contributed by atoms with van der Waals surface area (Å²) >= 11 is 1.16. The number of carbonyl (C=O) groups excluding carboxylic acids is 1. The highest BCUT2D eigenvalue weighted by atomic mass is 32.1. The Morgan fingerprint density at radius 2 is 1.93 bits per heavy atom. The third-order valence-electron chi connectivity index (χ3n) is 3.97. The van der Waals surface area contributed by atoms with Crippen LogP contribution in [0.4, 0.5) is 13.2 Å². The highest BCUT2D eigenvalue weighted by Crippen LogP contribution is 2.39. The number of Topliss-reactive ketones (excluding diaryl/α,β-unsaturated/α-hetero) is 1. The Bertz CT molecular complexity index is 1030. The van der Waals surface area contributed by atoms with Gasteiger partial charge < -0.3 is 10.5 Å². The van der Waals surface area contributed by atoms with E-state index in [0.717, 1.165) is 17.4 Å². The monoisotopic (exact) mass is 395 g/mol. The maximum Gasteiger partial charge on any atom is 0.433 e. The van der Waals surface area contributed by atoms with E-state index >= 15 is 0 Å². The van der Waals surface area contributed by atoms with E-state index in [4.69, 9.17) is 10.5 Å². The number of hydrogen-bond donors (Lipinski definition) is 1. The second-order valence-corrected chi connectivity index (χ2v) is 6.98. The normalized spacial score (nSPS) is 13.0. The average Bonchev–Trinajstić information content (AvgIpc) is 3.05. The van der Waals surface area contributed by atoms with Gasteiger partial charge in [-0.15, -0.1) is 11.3 Å². The topological polar surface area (TPSA) is 78.1 Å². The third kappa shape index (κ3) is 3.52. The maximum atomic E-state index is 13.0. The Morgan fingerprint density at radius 3 is 2.44 bits per heavy atom. The van der Waals surface area contributed by atoms with Crippen LogP contribution >= 0.6 is 11.3 Å². The van der Waals surface area contributed by atoms with Crippen molar-refractivity contribution >= 4 is 28.0 Å². The van der Waals surface area contributed by atoms with Crippen LogP contribution in [0.5, 0.6) is 5.75 Å². The van der Waals surface area contributed by atoms with Crippen molar-refractivity contribution in [3.63, 3.8) is 0 Å². The number of fused-ring (bicyclic) bond motifs is 1. The zero-order valence-corrected chi connectivity index (χ0v) is 15.5. The second kappa shape index (κ2) is 6.90. The molecule has 142 valence electrons. The number of benzene rings is 1. The summed E-state index contributed by atoms with van der Waals surface area (Å²) in [6.45, 7) is 3.14. The van der Waals surface area contributed by atoms with Gasteiger partial charge in [0.1, 0.15) is 22.0 Å². The van der Waals surface area contributed by atoms with Gasteiger partial charge in [0.05, 0.1) is 17.7 Å². The first-order valence-electron chi connectivity index (χ1n) is 7.96. The standard InChI is InChI=1S/C18H16F3N3O2S/c1-8(22)14-16(9(2)25)27-17(24-14)11-4-6-12(26-3)15-10(11)5-7-13(23-15)18(19,20)21/h4-8H,22H2,1-3H3. The molecular formula is C18H16F3N3O2S. The van der Waals surface area contributed by atoms with Crippen molar-refractivity contribution in [1.29, 1.82) is 0 Å². The summed E-state index contributed by atoms with van der Waals surface area (Å²) < 4.78 is 44.3. The van der Waals surface area contributed by atoms with Gasteiger partial charge in [-0.25, -0.2) is 9.97 Å². The molecule has 0 saturated carbocycles. The van der Waals surface area contributed by atoms with Gasteiger partial charge in [0, 0.05) is 23.9 Å². The molecule has 1 aromatic carbocycles. The van der Waals surface area contributed by atoms with E-state index < -0.39 is 17.9 Å². The molecule has 3 aromatic rings. The molecule has 0 bridgehead atoms. The lowest BCUT2D eigenvalue weighted by Crippen LogP contribution is -2.09. The minimum Gasteiger partial charge on any atom is -0.494 e. The first-order valence-corrected chi connectivity index (χ1v) is 8.77. The summed E-state index contributed by atoms with van der Waals surface area (Å²) in [5.74, 6) is 0.0527. The van der Waals surface area contributed by atoms with Gasteiger partial charge in [0.2, 0.25) is 0 Å². The van der Waals surface area contributed by atoms with Gasteiger partial charge >= 0.3 is 6.18 Å². The Kier molecular flexibility index (Phi) is 4.92. The van der Waals surface area contributed by atoms with Gasteiger partial charge in [0.15, 0.2) is 5.78 Å². The molecule has 5 nitrogen and oxygen atoms in total. The minimum atomic E-state index is -4.57. The summed E-state index contributed by atoms with van der Waals surface area (Å²) in [6.07, 6.45) is -4.57. The number of thiazole rings is 1. The molecule has 0 spiro atoms. The van der Waals surface area contributed by atoms with Crippen LogP contribution in [0.15, 0.2) is 24.3 Å². The van der Waals surface area contributed by atoms with Crippen LogP contribution in [0.1, 0.15) is 40.9 Å². The van der Waals surface area contributed by atoms with E-state index in [-0.39, 0.29) is 17.0 Å². The highest BCUT2D eigenvalue weighted by Gasteiger charge is 2.33. The first-order chi connectivity index (χ1) is 12.6. The average molecular weight is 395 g/mol. The summed E-state index contributed by atoms with van der Waals surface area (Å²) in [4.78, 5) is 20.5. The van der Waals surface area contributed by atoms with Gasteiger partial charge in [-0.2, -0.15) is 13.2 Å². The molecule has 1 atom stereocenters. The van der Waals surface area contributed by atoms with Crippen molar-refractivity contribution in [2.75, 3.05) is 7.11 Å². The van der Waals surface area contributed by atoms with E-state index in [1.54, 1.807) is 13.0 Å². The van der Waals surface area contributed by atoms with E-state index in [1.807, 2.05) is 0 Å². The zero-order valence-electron chi connectivity index (χ0n) is 14.7. The lowest BCUT2D eigenvalue weighted by atomic mass is 10.1. The fourth-order valence-electron chi connectivity index (χ4n) is 2.71. The van der Waals surface area contributed by atoms with Crippen molar-refractivity contribution in [2.24, 2.45) is 5.73 Å². The van der Waals surface area contributed by atoms with Crippen molar-refractivity contribution < 1.29 is 22.7 Å². The second-order valence-electron chi connectivity index (χ2n) is 5.98. The molecule has 2 aromatic heterocycles. The molecule has 0 aliphatic carbocycles. The number of carbonyl (C=O) groups is 1. The number of ether oxygens (including phenoxy) is 1. The molecule has 2 heterocycles. The van der Waals surface area contributed by atoms with Crippen molar-refractivity contribution in [3.8, 4) is 16.3 Å². The minimum absolute atomic E-state index is 0.0757. The molecule has 1 unspecified atom stereocenters. The smallest absolute Gasteiger partial charge is 0.433 e. The van der Waals surface area contributed by atoms with Crippen LogP contribution in [0.25, 0.3) is 21.5 Å². The number of aromatic nitrogens is 2. The molecule has 3 rings (SSSR count). The van der Waals surface area contributed by atoms with Crippen molar-refractivity contribution in [1.82, 2.24) is 9.97 Å². The first kappa shape index (κ1) is 19.2. The molecule has 0 fully saturated rings. The van der Waals surface area contributed by atoms with E-state index in [1.165, 1.54) is 26.2 Å². The lowest BCUT2D eigenvalue weighted by Gasteiger charge is -2.11. The fourth-order valence-corrected chi connectivity index (χ4v) is 3.81. The molecule has 0 radical (unpaired) electrons. The number of nitrogens with zero attached hydrogens (tertiary/aromatic N) is 2. The Hall–Kier alpha value is -2.52. The maximum absolute atomic E-state index is 13.0.